The van der Waals surface area contributed by atoms with Gasteiger partial charge in [-0.1, -0.05) is 23.8 Å². The first-order valence-electron chi connectivity index (χ1n) is 6.83. The summed E-state index contributed by atoms with van der Waals surface area (Å²) in [5.74, 6) is 0.645. The van der Waals surface area contributed by atoms with E-state index in [4.69, 9.17) is 10.5 Å². The average molecular weight is 271 g/mol. The van der Waals surface area contributed by atoms with E-state index in [0.717, 1.165) is 16.9 Å². The number of hydrogen-bond acceptors (Lipinski definition) is 2. The highest BCUT2D eigenvalue weighted by atomic mass is 19.1. The fourth-order valence-electron chi connectivity index (χ4n) is 2.70. The number of benzene rings is 2. The highest BCUT2D eigenvalue weighted by Gasteiger charge is 2.27. The molecule has 2 nitrogen and oxygen atoms in total. The van der Waals surface area contributed by atoms with Crippen LogP contribution in [0.1, 0.15) is 40.8 Å². The van der Waals surface area contributed by atoms with Crippen LogP contribution in [0, 0.1) is 19.7 Å². The van der Waals surface area contributed by atoms with Gasteiger partial charge < -0.3 is 10.5 Å². The first-order valence-corrected chi connectivity index (χ1v) is 6.83. The normalized spacial score (nSPS) is 21.2. The van der Waals surface area contributed by atoms with Gasteiger partial charge in [-0.3, -0.25) is 0 Å². The molecule has 3 heteroatoms. The zero-order valence-electron chi connectivity index (χ0n) is 11.7. The highest BCUT2D eigenvalue weighted by Crippen LogP contribution is 2.40. The maximum Gasteiger partial charge on any atom is 0.126 e. The Balaban J connectivity index is 1.94. The van der Waals surface area contributed by atoms with Crippen LogP contribution in [0.3, 0.4) is 0 Å². The van der Waals surface area contributed by atoms with Gasteiger partial charge in [0.2, 0.25) is 0 Å². The van der Waals surface area contributed by atoms with Gasteiger partial charge in [0.15, 0.2) is 0 Å². The molecule has 2 aromatic rings. The predicted molar refractivity (Wildman–Crippen MR) is 77.2 cm³/mol. The molecule has 0 bridgehead atoms. The Hall–Kier alpha value is -1.87. The van der Waals surface area contributed by atoms with Crippen molar-refractivity contribution >= 4 is 0 Å². The fraction of sp³-hybridized carbons (Fsp3) is 0.294. The third kappa shape index (κ3) is 2.29. The molecular formula is C17H18FNO. The van der Waals surface area contributed by atoms with Crippen molar-refractivity contribution in [3.8, 4) is 5.75 Å². The zero-order chi connectivity index (χ0) is 14.3. The standard InChI is InChI=1S/C17H18FNO/c1-10-3-6-16-13(7-10)15(19)9-17(20-16)12-4-5-14(18)11(2)8-12/h3-8,15,17H,9,19H2,1-2H3/t15-,17?/m0/s1. The lowest BCUT2D eigenvalue weighted by atomic mass is 9.92. The Morgan fingerprint density at radius 1 is 1.15 bits per heavy atom. The summed E-state index contributed by atoms with van der Waals surface area (Å²) in [4.78, 5) is 0. The largest absolute Gasteiger partial charge is 0.485 e. The smallest absolute Gasteiger partial charge is 0.126 e. The van der Waals surface area contributed by atoms with Gasteiger partial charge in [0.25, 0.3) is 0 Å². The summed E-state index contributed by atoms with van der Waals surface area (Å²) in [5.41, 5.74) is 10.1. The maximum absolute atomic E-state index is 13.4. The molecule has 1 aliphatic rings. The molecule has 0 aromatic heterocycles. The van der Waals surface area contributed by atoms with E-state index in [-0.39, 0.29) is 18.0 Å². The van der Waals surface area contributed by atoms with E-state index in [9.17, 15) is 4.39 Å². The molecular weight excluding hydrogens is 253 g/mol. The van der Waals surface area contributed by atoms with Gasteiger partial charge in [-0.05, 0) is 43.2 Å². The molecule has 0 aliphatic carbocycles. The summed E-state index contributed by atoms with van der Waals surface area (Å²) in [7, 11) is 0. The van der Waals surface area contributed by atoms with Crippen molar-refractivity contribution in [2.24, 2.45) is 5.73 Å². The van der Waals surface area contributed by atoms with Crippen molar-refractivity contribution in [1.82, 2.24) is 0 Å². The van der Waals surface area contributed by atoms with Crippen molar-refractivity contribution in [2.45, 2.75) is 32.4 Å². The van der Waals surface area contributed by atoms with Crippen LogP contribution in [0.15, 0.2) is 36.4 Å². The molecule has 0 amide bonds. The third-order valence-corrected chi connectivity index (χ3v) is 3.86. The Labute approximate surface area is 118 Å². The van der Waals surface area contributed by atoms with E-state index in [1.165, 1.54) is 11.6 Å². The second kappa shape index (κ2) is 4.91. The van der Waals surface area contributed by atoms with Gasteiger partial charge in [0.1, 0.15) is 17.7 Å². The molecule has 20 heavy (non-hydrogen) atoms. The predicted octanol–water partition coefficient (Wildman–Crippen LogP) is 3.97. The number of aryl methyl sites for hydroxylation is 2. The summed E-state index contributed by atoms with van der Waals surface area (Å²) in [6.07, 6.45) is 0.598. The summed E-state index contributed by atoms with van der Waals surface area (Å²) < 4.78 is 19.4. The minimum Gasteiger partial charge on any atom is -0.485 e. The van der Waals surface area contributed by atoms with E-state index in [1.54, 1.807) is 13.0 Å². The number of nitrogens with two attached hydrogens (primary N) is 1. The Morgan fingerprint density at radius 3 is 2.70 bits per heavy atom. The molecule has 0 fully saturated rings. The van der Waals surface area contributed by atoms with Crippen LogP contribution in [0.4, 0.5) is 4.39 Å². The topological polar surface area (TPSA) is 35.2 Å². The van der Waals surface area contributed by atoms with Gasteiger partial charge in [0, 0.05) is 18.0 Å². The Bertz CT molecular complexity index is 653. The summed E-state index contributed by atoms with van der Waals surface area (Å²) in [6.45, 7) is 3.81. The molecule has 1 unspecified atom stereocenters. The van der Waals surface area contributed by atoms with Crippen LogP contribution in [0.2, 0.25) is 0 Å². The molecule has 2 aromatic carbocycles. The molecule has 104 valence electrons. The molecule has 2 N–H and O–H groups in total. The van der Waals surface area contributed by atoms with Crippen LogP contribution in [0.25, 0.3) is 0 Å². The van der Waals surface area contributed by atoms with Crippen molar-refractivity contribution < 1.29 is 9.13 Å². The monoisotopic (exact) mass is 271 g/mol. The number of rotatable bonds is 1. The van der Waals surface area contributed by atoms with E-state index < -0.39 is 0 Å². The lowest BCUT2D eigenvalue weighted by Crippen LogP contribution is -2.24. The molecule has 0 spiro atoms. The number of fused-ring (bicyclic) bond motifs is 1. The fourth-order valence-corrected chi connectivity index (χ4v) is 2.70. The Kier molecular flexibility index (Phi) is 3.22. The molecule has 2 atom stereocenters. The van der Waals surface area contributed by atoms with Crippen LogP contribution in [-0.4, -0.2) is 0 Å². The average Bonchev–Trinajstić information content (AvgIpc) is 2.42. The number of hydrogen-bond donors (Lipinski definition) is 1. The van der Waals surface area contributed by atoms with Crippen LogP contribution in [0.5, 0.6) is 5.75 Å². The van der Waals surface area contributed by atoms with Crippen LogP contribution < -0.4 is 10.5 Å². The molecule has 1 heterocycles. The Morgan fingerprint density at radius 2 is 1.95 bits per heavy atom. The molecule has 0 saturated carbocycles. The number of ether oxygens (including phenoxy) is 1. The quantitative estimate of drug-likeness (QED) is 0.852. The first kappa shape index (κ1) is 13.1. The van der Waals surface area contributed by atoms with Gasteiger partial charge in [-0.2, -0.15) is 0 Å². The minimum atomic E-state index is -0.190. The maximum atomic E-state index is 13.4. The first-order chi connectivity index (χ1) is 9.54. The van der Waals surface area contributed by atoms with Crippen molar-refractivity contribution in [3.05, 3.63) is 64.5 Å². The molecule has 3 rings (SSSR count). The van der Waals surface area contributed by atoms with Crippen molar-refractivity contribution in [2.75, 3.05) is 0 Å². The molecule has 1 aliphatic heterocycles. The van der Waals surface area contributed by atoms with Gasteiger partial charge in [0.05, 0.1) is 0 Å². The summed E-state index contributed by atoms with van der Waals surface area (Å²) in [5, 5.41) is 0. The van der Waals surface area contributed by atoms with E-state index in [1.807, 2.05) is 25.1 Å². The third-order valence-electron chi connectivity index (χ3n) is 3.86. The second-order valence-corrected chi connectivity index (χ2v) is 5.50. The van der Waals surface area contributed by atoms with Crippen molar-refractivity contribution in [3.63, 3.8) is 0 Å². The van der Waals surface area contributed by atoms with Crippen LogP contribution in [-0.2, 0) is 0 Å². The van der Waals surface area contributed by atoms with Gasteiger partial charge in [-0.15, -0.1) is 0 Å². The minimum absolute atomic E-state index is 0.0472. The SMILES string of the molecule is Cc1ccc2c(c1)[C@@H](N)CC(c1ccc(F)c(C)c1)O2. The summed E-state index contributed by atoms with van der Waals surface area (Å²) in [6, 6.07) is 11.1. The van der Waals surface area contributed by atoms with Gasteiger partial charge in [-0.25, -0.2) is 4.39 Å². The molecule has 0 saturated heterocycles. The van der Waals surface area contributed by atoms with E-state index in [0.29, 0.717) is 12.0 Å². The lowest BCUT2D eigenvalue weighted by molar-refractivity contribution is 0.161. The lowest BCUT2D eigenvalue weighted by Gasteiger charge is -2.31. The van der Waals surface area contributed by atoms with Crippen molar-refractivity contribution in [1.29, 1.82) is 0 Å². The van der Waals surface area contributed by atoms with E-state index >= 15 is 0 Å². The van der Waals surface area contributed by atoms with Crippen LogP contribution >= 0.6 is 0 Å². The highest BCUT2D eigenvalue weighted by molar-refractivity contribution is 5.42. The zero-order valence-corrected chi connectivity index (χ0v) is 11.7. The molecule has 0 radical (unpaired) electrons. The second-order valence-electron chi connectivity index (χ2n) is 5.50. The summed E-state index contributed by atoms with van der Waals surface area (Å²) >= 11 is 0. The van der Waals surface area contributed by atoms with Gasteiger partial charge >= 0.3 is 0 Å². The van der Waals surface area contributed by atoms with E-state index in [2.05, 4.69) is 6.07 Å². The number of halogens is 1.